The van der Waals surface area contributed by atoms with Crippen molar-refractivity contribution >= 4 is 12.4 Å². The summed E-state index contributed by atoms with van der Waals surface area (Å²) in [5.41, 5.74) is 1.32. The smallest absolute Gasteiger partial charge is 0.231 e. The standard InChI is InChI=1S/C15H23NO2.ClH/c1-3-5-13(16-8-4-2)9-12-6-7-14-15(10-12)18-11-17-14;/h6-7,10,13,16H,3-5,8-9,11H2,1-2H3;1H. The van der Waals surface area contributed by atoms with E-state index in [9.17, 15) is 0 Å². The van der Waals surface area contributed by atoms with Gasteiger partial charge in [0.2, 0.25) is 6.79 Å². The second-order valence-corrected chi connectivity index (χ2v) is 4.83. The number of ether oxygens (including phenoxy) is 2. The molecule has 19 heavy (non-hydrogen) atoms. The van der Waals surface area contributed by atoms with Crippen LogP contribution in [0.5, 0.6) is 11.5 Å². The Morgan fingerprint density at radius 1 is 1.16 bits per heavy atom. The highest BCUT2D eigenvalue weighted by Crippen LogP contribution is 2.32. The molecule has 0 saturated heterocycles. The van der Waals surface area contributed by atoms with Crippen molar-refractivity contribution < 1.29 is 9.47 Å². The number of halogens is 1. The Bertz CT molecular complexity index is 384. The molecule has 1 aromatic carbocycles. The van der Waals surface area contributed by atoms with E-state index < -0.39 is 0 Å². The summed E-state index contributed by atoms with van der Waals surface area (Å²) in [5, 5.41) is 3.61. The highest BCUT2D eigenvalue weighted by molar-refractivity contribution is 5.85. The van der Waals surface area contributed by atoms with Crippen molar-refractivity contribution in [3.05, 3.63) is 23.8 Å². The molecular formula is C15H24ClNO2. The van der Waals surface area contributed by atoms with E-state index >= 15 is 0 Å². The summed E-state index contributed by atoms with van der Waals surface area (Å²) in [6.45, 7) is 5.89. The molecule has 108 valence electrons. The fourth-order valence-corrected chi connectivity index (χ4v) is 2.33. The minimum Gasteiger partial charge on any atom is -0.454 e. The summed E-state index contributed by atoms with van der Waals surface area (Å²) in [4.78, 5) is 0. The van der Waals surface area contributed by atoms with Gasteiger partial charge in [-0.05, 0) is 43.5 Å². The number of hydrogen-bond acceptors (Lipinski definition) is 3. The van der Waals surface area contributed by atoms with Gasteiger partial charge in [-0.15, -0.1) is 12.4 Å². The minimum absolute atomic E-state index is 0. The van der Waals surface area contributed by atoms with E-state index in [1.807, 2.05) is 6.07 Å². The first-order chi connectivity index (χ1) is 8.83. The molecule has 0 fully saturated rings. The zero-order valence-electron chi connectivity index (χ0n) is 11.8. The fraction of sp³-hybridized carbons (Fsp3) is 0.600. The summed E-state index contributed by atoms with van der Waals surface area (Å²) in [6.07, 6.45) is 4.67. The maximum atomic E-state index is 5.42. The van der Waals surface area contributed by atoms with Gasteiger partial charge in [-0.2, -0.15) is 0 Å². The van der Waals surface area contributed by atoms with Crippen LogP contribution in [0.4, 0.5) is 0 Å². The predicted octanol–water partition coefficient (Wildman–Crippen LogP) is 3.55. The second-order valence-electron chi connectivity index (χ2n) is 4.83. The third-order valence-electron chi connectivity index (χ3n) is 3.24. The van der Waals surface area contributed by atoms with Crippen LogP contribution in [0.1, 0.15) is 38.7 Å². The average molecular weight is 286 g/mol. The molecular weight excluding hydrogens is 262 g/mol. The van der Waals surface area contributed by atoms with E-state index in [0.29, 0.717) is 12.8 Å². The highest BCUT2D eigenvalue weighted by Gasteiger charge is 2.15. The predicted molar refractivity (Wildman–Crippen MR) is 80.5 cm³/mol. The zero-order chi connectivity index (χ0) is 12.8. The van der Waals surface area contributed by atoms with Crippen LogP contribution in [-0.2, 0) is 6.42 Å². The van der Waals surface area contributed by atoms with E-state index in [-0.39, 0.29) is 12.4 Å². The number of benzene rings is 1. The van der Waals surface area contributed by atoms with Crippen LogP contribution in [0.15, 0.2) is 18.2 Å². The maximum absolute atomic E-state index is 5.42. The number of fused-ring (bicyclic) bond motifs is 1. The quantitative estimate of drug-likeness (QED) is 0.831. The van der Waals surface area contributed by atoms with E-state index in [1.54, 1.807) is 0 Å². The van der Waals surface area contributed by atoms with Crippen LogP contribution in [0.25, 0.3) is 0 Å². The topological polar surface area (TPSA) is 30.5 Å². The Morgan fingerprint density at radius 2 is 1.95 bits per heavy atom. The van der Waals surface area contributed by atoms with Crippen LogP contribution in [-0.4, -0.2) is 19.4 Å². The van der Waals surface area contributed by atoms with E-state index in [2.05, 4.69) is 31.3 Å². The number of hydrogen-bond donors (Lipinski definition) is 1. The average Bonchev–Trinajstić information content (AvgIpc) is 2.83. The Hall–Kier alpha value is -0.930. The highest BCUT2D eigenvalue weighted by atomic mass is 35.5. The van der Waals surface area contributed by atoms with Gasteiger partial charge >= 0.3 is 0 Å². The van der Waals surface area contributed by atoms with Crippen LogP contribution in [0.3, 0.4) is 0 Å². The summed E-state index contributed by atoms with van der Waals surface area (Å²) in [7, 11) is 0. The third-order valence-corrected chi connectivity index (χ3v) is 3.24. The molecule has 0 saturated carbocycles. The molecule has 0 aliphatic carbocycles. The van der Waals surface area contributed by atoms with Crippen LogP contribution >= 0.6 is 12.4 Å². The first-order valence-electron chi connectivity index (χ1n) is 6.95. The Kier molecular flexibility index (Phi) is 7.03. The van der Waals surface area contributed by atoms with Crippen molar-refractivity contribution in [3.63, 3.8) is 0 Å². The third kappa shape index (κ3) is 4.59. The number of rotatable bonds is 7. The van der Waals surface area contributed by atoms with Gasteiger partial charge in [0.25, 0.3) is 0 Å². The fourth-order valence-electron chi connectivity index (χ4n) is 2.33. The van der Waals surface area contributed by atoms with Gasteiger partial charge in [-0.25, -0.2) is 0 Å². The molecule has 1 aromatic rings. The second kappa shape index (κ2) is 8.28. The lowest BCUT2D eigenvalue weighted by atomic mass is 10.0. The van der Waals surface area contributed by atoms with Gasteiger partial charge in [-0.3, -0.25) is 0 Å². The summed E-state index contributed by atoms with van der Waals surface area (Å²) in [5.74, 6) is 1.76. The van der Waals surface area contributed by atoms with Crippen LogP contribution < -0.4 is 14.8 Å². The normalized spacial score (nSPS) is 14.0. The molecule has 2 rings (SSSR count). The van der Waals surface area contributed by atoms with Gasteiger partial charge in [-0.1, -0.05) is 26.3 Å². The molecule has 0 radical (unpaired) electrons. The lowest BCUT2D eigenvalue weighted by Crippen LogP contribution is -2.31. The molecule has 3 nitrogen and oxygen atoms in total. The van der Waals surface area contributed by atoms with Crippen molar-refractivity contribution in [2.75, 3.05) is 13.3 Å². The molecule has 0 amide bonds. The number of nitrogens with one attached hydrogen (secondary N) is 1. The molecule has 1 aliphatic heterocycles. The summed E-state index contributed by atoms with van der Waals surface area (Å²) < 4.78 is 10.8. The SMILES string of the molecule is CCCNC(CCC)Cc1ccc2c(c1)OCO2.Cl. The van der Waals surface area contributed by atoms with Crippen molar-refractivity contribution in [1.82, 2.24) is 5.32 Å². The summed E-state index contributed by atoms with van der Waals surface area (Å²) >= 11 is 0. The first-order valence-corrected chi connectivity index (χ1v) is 6.95. The van der Waals surface area contributed by atoms with Crippen molar-refractivity contribution in [2.24, 2.45) is 0 Å². The van der Waals surface area contributed by atoms with Gasteiger partial charge in [0.1, 0.15) is 0 Å². The van der Waals surface area contributed by atoms with Gasteiger partial charge in [0, 0.05) is 6.04 Å². The molecule has 1 atom stereocenters. The molecule has 0 bridgehead atoms. The first kappa shape index (κ1) is 16.1. The lowest BCUT2D eigenvalue weighted by Gasteiger charge is -2.18. The maximum Gasteiger partial charge on any atom is 0.231 e. The van der Waals surface area contributed by atoms with Crippen molar-refractivity contribution in [1.29, 1.82) is 0 Å². The van der Waals surface area contributed by atoms with Gasteiger partial charge in [0.15, 0.2) is 11.5 Å². The Balaban J connectivity index is 0.00000180. The van der Waals surface area contributed by atoms with Crippen molar-refractivity contribution in [2.45, 2.75) is 45.6 Å². The Morgan fingerprint density at radius 3 is 2.68 bits per heavy atom. The Labute approximate surface area is 122 Å². The van der Waals surface area contributed by atoms with Gasteiger partial charge in [0.05, 0.1) is 0 Å². The monoisotopic (exact) mass is 285 g/mol. The molecule has 1 heterocycles. The minimum atomic E-state index is 0. The van der Waals surface area contributed by atoms with E-state index in [0.717, 1.165) is 24.5 Å². The van der Waals surface area contributed by atoms with E-state index in [4.69, 9.17) is 9.47 Å². The zero-order valence-corrected chi connectivity index (χ0v) is 12.6. The summed E-state index contributed by atoms with van der Waals surface area (Å²) in [6, 6.07) is 6.83. The molecule has 1 aliphatic rings. The van der Waals surface area contributed by atoms with Crippen LogP contribution in [0.2, 0.25) is 0 Å². The van der Waals surface area contributed by atoms with Gasteiger partial charge < -0.3 is 14.8 Å². The van der Waals surface area contributed by atoms with Crippen LogP contribution in [0, 0.1) is 0 Å². The largest absolute Gasteiger partial charge is 0.454 e. The molecule has 4 heteroatoms. The van der Waals surface area contributed by atoms with E-state index in [1.165, 1.54) is 24.8 Å². The molecule has 0 aromatic heterocycles. The molecule has 1 unspecified atom stereocenters. The van der Waals surface area contributed by atoms with Crippen molar-refractivity contribution in [3.8, 4) is 11.5 Å². The molecule has 1 N–H and O–H groups in total. The molecule has 0 spiro atoms. The lowest BCUT2D eigenvalue weighted by molar-refractivity contribution is 0.174.